The summed E-state index contributed by atoms with van der Waals surface area (Å²) in [5.74, 6) is 0. The Labute approximate surface area is 201 Å². The molecule has 0 saturated carbocycles. The number of hydrogen-bond acceptors (Lipinski definition) is 8. The molecule has 6 atom stereocenters. The van der Waals surface area contributed by atoms with Crippen molar-refractivity contribution in [3.63, 3.8) is 0 Å². The molecule has 0 aromatic carbocycles. The van der Waals surface area contributed by atoms with Crippen molar-refractivity contribution in [2.45, 2.75) is 134 Å². The predicted octanol–water partition coefficient (Wildman–Crippen LogP) is 3.21. The van der Waals surface area contributed by atoms with E-state index in [0.717, 1.165) is 12.8 Å². The molecule has 1 aliphatic heterocycles. The second-order valence-corrected chi connectivity index (χ2v) is 9.30. The molecule has 0 amide bonds. The van der Waals surface area contributed by atoms with Gasteiger partial charge in [0.1, 0.15) is 24.9 Å². The van der Waals surface area contributed by atoms with Gasteiger partial charge in [-0.15, -0.1) is 0 Å². The monoisotopic (exact) mass is 476 g/mol. The molecular formula is C25H52N2O6. The van der Waals surface area contributed by atoms with E-state index >= 15 is 0 Å². The molecule has 8 nitrogen and oxygen atoms in total. The Morgan fingerprint density at radius 3 is 1.82 bits per heavy atom. The van der Waals surface area contributed by atoms with E-state index in [9.17, 15) is 10.2 Å². The molecule has 8 heteroatoms. The highest BCUT2D eigenvalue weighted by molar-refractivity contribution is 4.91. The van der Waals surface area contributed by atoms with E-state index in [-0.39, 0.29) is 13.2 Å². The summed E-state index contributed by atoms with van der Waals surface area (Å²) in [7, 11) is 1.56. The Balaban J connectivity index is 1.99. The molecule has 33 heavy (non-hydrogen) atoms. The third kappa shape index (κ3) is 13.4. The van der Waals surface area contributed by atoms with E-state index in [0.29, 0.717) is 6.61 Å². The molecule has 198 valence electrons. The number of ether oxygens (including phenoxy) is 4. The number of unbranched alkanes of at least 4 members (excludes halogenated alkanes) is 13. The van der Waals surface area contributed by atoms with Crippen molar-refractivity contribution in [3.05, 3.63) is 0 Å². The molecule has 0 aliphatic carbocycles. The maximum absolute atomic E-state index is 10.0. The van der Waals surface area contributed by atoms with Crippen molar-refractivity contribution >= 4 is 0 Å². The first-order chi connectivity index (χ1) is 16.0. The fourth-order valence-corrected chi connectivity index (χ4v) is 4.17. The molecule has 1 fully saturated rings. The van der Waals surface area contributed by atoms with Crippen molar-refractivity contribution in [2.75, 3.05) is 26.9 Å². The van der Waals surface area contributed by atoms with Crippen LogP contribution in [0.3, 0.4) is 0 Å². The van der Waals surface area contributed by atoms with Gasteiger partial charge in [0, 0.05) is 20.3 Å². The number of rotatable bonds is 21. The van der Waals surface area contributed by atoms with Crippen LogP contribution in [0.1, 0.15) is 96.8 Å². The van der Waals surface area contributed by atoms with Gasteiger partial charge >= 0.3 is 0 Å². The normalized spacial score (nSPS) is 26.5. The van der Waals surface area contributed by atoms with Crippen molar-refractivity contribution in [3.8, 4) is 0 Å². The zero-order valence-corrected chi connectivity index (χ0v) is 21.2. The van der Waals surface area contributed by atoms with E-state index < -0.39 is 36.9 Å². The van der Waals surface area contributed by atoms with E-state index in [1.165, 1.54) is 77.0 Å². The number of nitrogens with two attached hydrogens (primary N) is 2. The minimum Gasteiger partial charge on any atom is -0.388 e. The summed E-state index contributed by atoms with van der Waals surface area (Å²) >= 11 is 0. The maximum Gasteiger partial charge on any atom is 0.180 e. The van der Waals surface area contributed by atoms with Gasteiger partial charge < -0.3 is 40.6 Å². The molecule has 1 saturated heterocycles. The first-order valence-electron chi connectivity index (χ1n) is 13.3. The third-order valence-electron chi connectivity index (χ3n) is 6.44. The molecule has 0 aromatic rings. The summed E-state index contributed by atoms with van der Waals surface area (Å²) in [6, 6.07) is -0.869. The molecule has 3 unspecified atom stereocenters. The SMILES string of the molecule is CCCCCCCCCCCCCCCCOC(CO[C@@H]1OC(CN)[C@H](O)[C@H](O)C1N)OC. The lowest BCUT2D eigenvalue weighted by Crippen LogP contribution is -2.63. The highest BCUT2D eigenvalue weighted by Crippen LogP contribution is 2.21. The van der Waals surface area contributed by atoms with Crippen LogP contribution in [0.2, 0.25) is 0 Å². The molecule has 1 heterocycles. The van der Waals surface area contributed by atoms with E-state index in [1.807, 2.05) is 0 Å². The van der Waals surface area contributed by atoms with Gasteiger partial charge in [-0.25, -0.2) is 0 Å². The van der Waals surface area contributed by atoms with Gasteiger partial charge in [0.15, 0.2) is 12.6 Å². The summed E-state index contributed by atoms with van der Waals surface area (Å²) in [5, 5.41) is 20.0. The van der Waals surface area contributed by atoms with Crippen LogP contribution in [0.25, 0.3) is 0 Å². The largest absolute Gasteiger partial charge is 0.388 e. The zero-order valence-electron chi connectivity index (χ0n) is 21.2. The average molecular weight is 477 g/mol. The lowest BCUT2D eigenvalue weighted by atomic mass is 9.97. The van der Waals surface area contributed by atoms with Crippen molar-refractivity contribution in [2.24, 2.45) is 11.5 Å². The quantitative estimate of drug-likeness (QED) is 0.147. The van der Waals surface area contributed by atoms with Crippen LogP contribution in [0.15, 0.2) is 0 Å². The molecule has 1 aliphatic rings. The van der Waals surface area contributed by atoms with Gasteiger partial charge in [-0.2, -0.15) is 0 Å². The second kappa shape index (κ2) is 19.9. The molecule has 0 spiro atoms. The summed E-state index contributed by atoms with van der Waals surface area (Å²) in [5.41, 5.74) is 11.5. The molecular weight excluding hydrogens is 424 g/mol. The van der Waals surface area contributed by atoms with Gasteiger partial charge in [-0.1, -0.05) is 90.4 Å². The van der Waals surface area contributed by atoms with Crippen molar-refractivity contribution in [1.29, 1.82) is 0 Å². The minimum atomic E-state index is -1.16. The number of methoxy groups -OCH3 is 1. The fourth-order valence-electron chi connectivity index (χ4n) is 4.17. The van der Waals surface area contributed by atoms with Gasteiger partial charge in [0.05, 0.1) is 6.04 Å². The molecule has 0 bridgehead atoms. The lowest BCUT2D eigenvalue weighted by molar-refractivity contribution is -0.276. The summed E-state index contributed by atoms with van der Waals surface area (Å²) in [6.07, 6.45) is 14.1. The average Bonchev–Trinajstić information content (AvgIpc) is 2.83. The Hall–Kier alpha value is -0.320. The third-order valence-corrected chi connectivity index (χ3v) is 6.44. The molecule has 6 N–H and O–H groups in total. The van der Waals surface area contributed by atoms with Crippen LogP contribution in [0, 0.1) is 0 Å². The number of aliphatic hydroxyl groups excluding tert-OH is 2. The molecule has 0 radical (unpaired) electrons. The standard InChI is InChI=1S/C25H52N2O6/c1-3-4-5-6-7-8-9-10-11-12-13-14-15-16-17-31-21(30-2)19-32-25-22(27)24(29)23(28)20(18-26)33-25/h20-25,28-29H,3-19,26-27H2,1-2H3/t20?,21?,22?,23-,24+,25+/m0/s1. The van der Waals surface area contributed by atoms with E-state index in [1.54, 1.807) is 7.11 Å². The Kier molecular flexibility index (Phi) is 18.5. The van der Waals surface area contributed by atoms with Crippen LogP contribution in [-0.4, -0.2) is 74.0 Å². The Morgan fingerprint density at radius 2 is 1.33 bits per heavy atom. The molecule has 1 rings (SSSR count). The Morgan fingerprint density at radius 1 is 0.818 bits per heavy atom. The topological polar surface area (TPSA) is 129 Å². The fraction of sp³-hybridized carbons (Fsp3) is 1.00. The van der Waals surface area contributed by atoms with Crippen LogP contribution in [-0.2, 0) is 18.9 Å². The first kappa shape index (κ1) is 30.7. The predicted molar refractivity (Wildman–Crippen MR) is 131 cm³/mol. The van der Waals surface area contributed by atoms with Crippen LogP contribution >= 0.6 is 0 Å². The van der Waals surface area contributed by atoms with Crippen molar-refractivity contribution < 1.29 is 29.2 Å². The molecule has 0 aromatic heterocycles. The maximum atomic E-state index is 10.0. The lowest BCUT2D eigenvalue weighted by Gasteiger charge is -2.40. The minimum absolute atomic E-state index is 0.0636. The second-order valence-electron chi connectivity index (χ2n) is 9.30. The van der Waals surface area contributed by atoms with Gasteiger partial charge in [-0.3, -0.25) is 0 Å². The van der Waals surface area contributed by atoms with Gasteiger partial charge in [0.25, 0.3) is 0 Å². The van der Waals surface area contributed by atoms with Crippen LogP contribution < -0.4 is 11.5 Å². The smallest absolute Gasteiger partial charge is 0.180 e. The number of hydrogen-bond donors (Lipinski definition) is 4. The van der Waals surface area contributed by atoms with E-state index in [2.05, 4.69) is 6.92 Å². The van der Waals surface area contributed by atoms with Crippen LogP contribution in [0.5, 0.6) is 0 Å². The highest BCUT2D eigenvalue weighted by atomic mass is 16.7. The summed E-state index contributed by atoms with van der Waals surface area (Å²) in [4.78, 5) is 0. The summed E-state index contributed by atoms with van der Waals surface area (Å²) < 4.78 is 22.3. The Bertz CT molecular complexity index is 443. The van der Waals surface area contributed by atoms with E-state index in [4.69, 9.17) is 30.4 Å². The summed E-state index contributed by atoms with van der Waals surface area (Å²) in [6.45, 7) is 3.05. The van der Waals surface area contributed by atoms with Gasteiger partial charge in [0.2, 0.25) is 0 Å². The van der Waals surface area contributed by atoms with Crippen LogP contribution in [0.4, 0.5) is 0 Å². The number of aliphatic hydroxyl groups is 2. The van der Waals surface area contributed by atoms with Gasteiger partial charge in [-0.05, 0) is 6.42 Å². The highest BCUT2D eigenvalue weighted by Gasteiger charge is 2.42. The zero-order chi connectivity index (χ0) is 24.3. The van der Waals surface area contributed by atoms with Crippen molar-refractivity contribution in [1.82, 2.24) is 0 Å². The first-order valence-corrected chi connectivity index (χ1v) is 13.3.